The summed E-state index contributed by atoms with van der Waals surface area (Å²) in [5, 5.41) is 9.84. The van der Waals surface area contributed by atoms with Crippen molar-refractivity contribution >= 4 is 44.0 Å². The molecule has 2 rings (SSSR count). The van der Waals surface area contributed by atoms with Gasteiger partial charge < -0.3 is 0 Å². The van der Waals surface area contributed by atoms with Crippen molar-refractivity contribution in [3.05, 3.63) is 32.7 Å². The maximum atomic E-state index is 8.67. The molecule has 0 fully saturated rings. The van der Waals surface area contributed by atoms with Gasteiger partial charge in [-0.3, -0.25) is 0 Å². The fraction of sp³-hybridized carbons (Fsp3) is 0. The van der Waals surface area contributed by atoms with Crippen LogP contribution in [-0.4, -0.2) is 0 Å². The van der Waals surface area contributed by atoms with Crippen LogP contribution in [0.2, 0.25) is 0 Å². The Morgan fingerprint density at radius 1 is 1.33 bits per heavy atom. The fourth-order valence-corrected chi connectivity index (χ4v) is 2.42. The van der Waals surface area contributed by atoms with Crippen LogP contribution in [0.3, 0.4) is 0 Å². The average molecular weight is 285 g/mol. The molecule has 1 heterocycles. The van der Waals surface area contributed by atoms with E-state index >= 15 is 0 Å². The van der Waals surface area contributed by atoms with Crippen LogP contribution in [0, 0.1) is 14.9 Å². The Morgan fingerprint density at radius 3 is 2.92 bits per heavy atom. The van der Waals surface area contributed by atoms with Gasteiger partial charge in [0.25, 0.3) is 0 Å². The molecule has 3 heteroatoms. The molecule has 0 spiro atoms. The molecule has 0 aliphatic heterocycles. The number of nitrogens with zero attached hydrogens (tertiary/aromatic N) is 1. The lowest BCUT2D eigenvalue weighted by molar-refractivity contribution is 1.52. The minimum Gasteiger partial charge on any atom is -0.192 e. The van der Waals surface area contributed by atoms with Crippen molar-refractivity contribution < 1.29 is 0 Å². The molecule has 1 aromatic carbocycles. The first-order chi connectivity index (χ1) is 5.79. The van der Waals surface area contributed by atoms with E-state index in [1.54, 1.807) is 11.3 Å². The zero-order valence-corrected chi connectivity index (χ0v) is 9.02. The fourth-order valence-electron chi connectivity index (χ4n) is 1.07. The molecule has 0 saturated carbocycles. The van der Waals surface area contributed by atoms with Gasteiger partial charge in [0.05, 0.1) is 0 Å². The predicted octanol–water partition coefficient (Wildman–Crippen LogP) is 3.38. The summed E-state index contributed by atoms with van der Waals surface area (Å²) in [7, 11) is 0. The molecule has 0 aliphatic carbocycles. The van der Waals surface area contributed by atoms with Gasteiger partial charge in [-0.25, -0.2) is 0 Å². The van der Waals surface area contributed by atoms with Crippen LogP contribution < -0.4 is 0 Å². The van der Waals surface area contributed by atoms with Gasteiger partial charge in [-0.05, 0) is 52.2 Å². The smallest absolute Gasteiger partial charge is 0.110 e. The van der Waals surface area contributed by atoms with Crippen LogP contribution in [0.25, 0.3) is 10.1 Å². The Kier molecular flexibility index (Phi) is 2.03. The van der Waals surface area contributed by atoms with Crippen LogP contribution in [-0.2, 0) is 0 Å². The molecule has 2 aromatic rings. The number of rotatable bonds is 0. The van der Waals surface area contributed by atoms with Gasteiger partial charge in [-0.15, -0.1) is 11.3 Å². The molecular weight excluding hydrogens is 281 g/mol. The highest BCUT2D eigenvalue weighted by atomic mass is 127. The molecule has 0 atom stereocenters. The molecule has 58 valence electrons. The summed E-state index contributed by atoms with van der Waals surface area (Å²) >= 11 is 3.81. The van der Waals surface area contributed by atoms with E-state index in [2.05, 4.69) is 46.9 Å². The molecule has 0 saturated heterocycles. The molecule has 0 aliphatic rings. The number of fused-ring (bicyclic) bond motifs is 1. The summed E-state index contributed by atoms with van der Waals surface area (Å²) in [5.74, 6) is 0. The van der Waals surface area contributed by atoms with Crippen molar-refractivity contribution in [3.8, 4) is 6.07 Å². The SMILES string of the molecule is N#Cc1cc2cc(I)ccc2s1. The lowest BCUT2D eigenvalue weighted by Crippen LogP contribution is -1.66. The van der Waals surface area contributed by atoms with Gasteiger partial charge in [0.2, 0.25) is 0 Å². The van der Waals surface area contributed by atoms with Gasteiger partial charge in [-0.2, -0.15) is 5.26 Å². The molecule has 0 amide bonds. The predicted molar refractivity (Wildman–Crippen MR) is 59.3 cm³/mol. The number of halogens is 1. The van der Waals surface area contributed by atoms with Crippen molar-refractivity contribution in [3.63, 3.8) is 0 Å². The van der Waals surface area contributed by atoms with Gasteiger partial charge >= 0.3 is 0 Å². The van der Waals surface area contributed by atoms with E-state index in [0.717, 1.165) is 4.88 Å². The Labute approximate surface area is 87.8 Å². The Bertz CT molecular complexity index is 467. The lowest BCUT2D eigenvalue weighted by atomic mass is 10.2. The first-order valence-corrected chi connectivity index (χ1v) is 5.28. The monoisotopic (exact) mass is 285 g/mol. The van der Waals surface area contributed by atoms with Crippen LogP contribution in [0.1, 0.15) is 4.88 Å². The van der Waals surface area contributed by atoms with E-state index in [0.29, 0.717) is 0 Å². The van der Waals surface area contributed by atoms with Gasteiger partial charge in [-0.1, -0.05) is 0 Å². The highest BCUT2D eigenvalue weighted by Crippen LogP contribution is 2.26. The van der Waals surface area contributed by atoms with E-state index in [4.69, 9.17) is 5.26 Å². The van der Waals surface area contributed by atoms with Crippen molar-refractivity contribution in [1.29, 1.82) is 5.26 Å². The Balaban J connectivity index is 2.77. The summed E-state index contributed by atoms with van der Waals surface area (Å²) in [5.41, 5.74) is 0. The van der Waals surface area contributed by atoms with E-state index in [1.807, 2.05) is 6.07 Å². The molecule has 0 radical (unpaired) electrons. The average Bonchev–Trinajstić information content (AvgIpc) is 2.46. The van der Waals surface area contributed by atoms with Crippen molar-refractivity contribution in [1.82, 2.24) is 0 Å². The maximum Gasteiger partial charge on any atom is 0.110 e. The summed E-state index contributed by atoms with van der Waals surface area (Å²) in [6, 6.07) is 10.3. The van der Waals surface area contributed by atoms with E-state index in [1.165, 1.54) is 13.7 Å². The van der Waals surface area contributed by atoms with Gasteiger partial charge in [0.1, 0.15) is 10.9 Å². The number of nitriles is 1. The third-order valence-electron chi connectivity index (χ3n) is 1.59. The third kappa shape index (κ3) is 1.32. The first-order valence-electron chi connectivity index (χ1n) is 3.39. The topological polar surface area (TPSA) is 23.8 Å². The standard InChI is InChI=1S/C9H4INS/c10-7-1-2-9-6(3-7)4-8(5-11)12-9/h1-4H. The summed E-state index contributed by atoms with van der Waals surface area (Å²) in [6.45, 7) is 0. The normalized spacial score (nSPS) is 10.0. The van der Waals surface area contributed by atoms with Crippen molar-refractivity contribution in [2.75, 3.05) is 0 Å². The molecule has 0 bridgehead atoms. The van der Waals surface area contributed by atoms with Crippen LogP contribution in [0.15, 0.2) is 24.3 Å². The van der Waals surface area contributed by atoms with Crippen LogP contribution >= 0.6 is 33.9 Å². The van der Waals surface area contributed by atoms with Crippen molar-refractivity contribution in [2.45, 2.75) is 0 Å². The van der Waals surface area contributed by atoms with Crippen LogP contribution in [0.4, 0.5) is 0 Å². The summed E-state index contributed by atoms with van der Waals surface area (Å²) < 4.78 is 2.40. The quantitative estimate of drug-likeness (QED) is 0.681. The lowest BCUT2D eigenvalue weighted by Gasteiger charge is -1.88. The first kappa shape index (κ1) is 8.02. The highest BCUT2D eigenvalue weighted by Gasteiger charge is 2.00. The number of thiophene rings is 1. The second kappa shape index (κ2) is 3.04. The van der Waals surface area contributed by atoms with E-state index < -0.39 is 0 Å². The second-order valence-corrected chi connectivity index (χ2v) is 4.73. The minimum absolute atomic E-state index is 0.784. The Hall–Kier alpha value is -0.600. The van der Waals surface area contributed by atoms with E-state index in [9.17, 15) is 0 Å². The highest BCUT2D eigenvalue weighted by molar-refractivity contribution is 14.1. The largest absolute Gasteiger partial charge is 0.192 e. The molecule has 12 heavy (non-hydrogen) atoms. The molecule has 0 N–H and O–H groups in total. The van der Waals surface area contributed by atoms with Gasteiger partial charge in [0, 0.05) is 8.27 Å². The maximum absolute atomic E-state index is 8.67. The van der Waals surface area contributed by atoms with Crippen molar-refractivity contribution in [2.24, 2.45) is 0 Å². The van der Waals surface area contributed by atoms with E-state index in [-0.39, 0.29) is 0 Å². The number of benzene rings is 1. The van der Waals surface area contributed by atoms with Crippen LogP contribution in [0.5, 0.6) is 0 Å². The third-order valence-corrected chi connectivity index (χ3v) is 3.28. The summed E-state index contributed by atoms with van der Waals surface area (Å²) in [4.78, 5) is 0.784. The molecule has 1 aromatic heterocycles. The zero-order valence-electron chi connectivity index (χ0n) is 6.04. The number of hydrogen-bond acceptors (Lipinski definition) is 2. The second-order valence-electron chi connectivity index (χ2n) is 2.40. The number of hydrogen-bond donors (Lipinski definition) is 0. The molecule has 1 nitrogen and oxygen atoms in total. The zero-order chi connectivity index (χ0) is 8.55. The molecular formula is C9H4INS. The minimum atomic E-state index is 0.784. The molecule has 0 unspecified atom stereocenters. The van der Waals surface area contributed by atoms with Gasteiger partial charge in [0.15, 0.2) is 0 Å². The summed E-state index contributed by atoms with van der Waals surface area (Å²) in [6.07, 6.45) is 0. The Morgan fingerprint density at radius 2 is 2.17 bits per heavy atom.